The van der Waals surface area contributed by atoms with E-state index in [0.717, 1.165) is 31.6 Å². The molecule has 2 heterocycles. The summed E-state index contributed by atoms with van der Waals surface area (Å²) in [6, 6.07) is 8.24. The van der Waals surface area contributed by atoms with Crippen molar-refractivity contribution in [1.29, 1.82) is 0 Å². The van der Waals surface area contributed by atoms with Crippen molar-refractivity contribution < 1.29 is 17.9 Å². The van der Waals surface area contributed by atoms with E-state index >= 15 is 0 Å². The van der Waals surface area contributed by atoms with Gasteiger partial charge in [0.25, 0.3) is 0 Å². The topological polar surface area (TPSA) is 93.7 Å². The van der Waals surface area contributed by atoms with Crippen LogP contribution in [0.1, 0.15) is 31.2 Å². The Morgan fingerprint density at radius 1 is 1.17 bits per heavy atom. The molecular weight excluding hydrogens is 392 g/mol. The third-order valence-electron chi connectivity index (χ3n) is 4.53. The fourth-order valence-electron chi connectivity index (χ4n) is 2.91. The zero-order chi connectivity index (χ0) is 20.7. The Hall–Kier alpha value is -2.23. The Morgan fingerprint density at radius 2 is 1.90 bits per heavy atom. The van der Waals surface area contributed by atoms with Crippen molar-refractivity contribution in [1.82, 2.24) is 14.7 Å². The summed E-state index contributed by atoms with van der Waals surface area (Å²) in [6.45, 7) is 7.41. The lowest BCUT2D eigenvalue weighted by atomic mass is 10.3. The van der Waals surface area contributed by atoms with Gasteiger partial charge in [-0.25, -0.2) is 23.1 Å². The van der Waals surface area contributed by atoms with Gasteiger partial charge in [0, 0.05) is 18.8 Å². The molecule has 158 valence electrons. The molecule has 0 radical (unpaired) electrons. The van der Waals surface area contributed by atoms with Crippen LogP contribution in [0.2, 0.25) is 0 Å². The largest absolute Gasteiger partial charge is 0.494 e. The second-order valence-corrected chi connectivity index (χ2v) is 8.67. The van der Waals surface area contributed by atoms with E-state index in [1.54, 1.807) is 30.3 Å². The summed E-state index contributed by atoms with van der Waals surface area (Å²) in [4.78, 5) is 11.2. The SMILES string of the molecule is CCCCOc1ccc(S(=O)(=O)NCc2cc(C)nc(N3CCOCC3)n2)cc1. The molecule has 3 rings (SSSR count). The first-order valence-electron chi connectivity index (χ1n) is 9.88. The normalized spacial score (nSPS) is 14.8. The van der Waals surface area contributed by atoms with Crippen LogP contribution in [0.15, 0.2) is 35.2 Å². The number of unbranched alkanes of at least 4 members (excludes halogenated alkanes) is 1. The van der Waals surface area contributed by atoms with Gasteiger partial charge in [-0.2, -0.15) is 0 Å². The third-order valence-corrected chi connectivity index (χ3v) is 5.95. The first-order valence-corrected chi connectivity index (χ1v) is 11.4. The van der Waals surface area contributed by atoms with Crippen LogP contribution < -0.4 is 14.4 Å². The number of morpholine rings is 1. The number of sulfonamides is 1. The Kier molecular flexibility index (Phi) is 7.40. The molecular formula is C20H28N4O4S. The molecule has 9 heteroatoms. The van der Waals surface area contributed by atoms with Gasteiger partial charge in [-0.05, 0) is 43.7 Å². The van der Waals surface area contributed by atoms with Crippen molar-refractivity contribution in [3.8, 4) is 5.75 Å². The Labute approximate surface area is 172 Å². The van der Waals surface area contributed by atoms with E-state index in [4.69, 9.17) is 9.47 Å². The van der Waals surface area contributed by atoms with Crippen LogP contribution in [0.4, 0.5) is 5.95 Å². The van der Waals surface area contributed by atoms with Gasteiger partial charge >= 0.3 is 0 Å². The van der Waals surface area contributed by atoms with Crippen molar-refractivity contribution in [2.45, 2.75) is 38.1 Å². The van der Waals surface area contributed by atoms with Gasteiger partial charge in [0.15, 0.2) is 0 Å². The van der Waals surface area contributed by atoms with E-state index in [0.29, 0.717) is 37.2 Å². The molecule has 1 aromatic carbocycles. The standard InChI is InChI=1S/C20H28N4O4S/c1-3-4-11-28-18-5-7-19(8-6-18)29(25,26)21-15-17-14-16(2)22-20(23-17)24-9-12-27-13-10-24/h5-8,14,21H,3-4,9-13,15H2,1-2H3. The maximum atomic E-state index is 12.6. The Morgan fingerprint density at radius 3 is 2.59 bits per heavy atom. The molecule has 0 bridgehead atoms. The van der Waals surface area contributed by atoms with E-state index in [2.05, 4.69) is 21.6 Å². The maximum Gasteiger partial charge on any atom is 0.240 e. The first-order chi connectivity index (χ1) is 14.0. The summed E-state index contributed by atoms with van der Waals surface area (Å²) in [5.74, 6) is 1.27. The molecule has 1 fully saturated rings. The van der Waals surface area contributed by atoms with Crippen molar-refractivity contribution >= 4 is 16.0 Å². The number of nitrogens with one attached hydrogen (secondary N) is 1. The lowest BCUT2D eigenvalue weighted by molar-refractivity contribution is 0.122. The van der Waals surface area contributed by atoms with E-state index in [1.807, 2.05) is 11.8 Å². The minimum absolute atomic E-state index is 0.0950. The summed E-state index contributed by atoms with van der Waals surface area (Å²) in [5.41, 5.74) is 1.42. The molecule has 0 saturated carbocycles. The summed E-state index contributed by atoms with van der Waals surface area (Å²) in [6.07, 6.45) is 2.01. The lowest BCUT2D eigenvalue weighted by Gasteiger charge is -2.27. The Balaban J connectivity index is 1.64. The molecule has 1 saturated heterocycles. The van der Waals surface area contributed by atoms with Crippen LogP contribution in [0.25, 0.3) is 0 Å². The van der Waals surface area contributed by atoms with Gasteiger partial charge in [0.2, 0.25) is 16.0 Å². The predicted molar refractivity (Wildman–Crippen MR) is 111 cm³/mol. The predicted octanol–water partition coefficient (Wildman–Crippen LogP) is 2.28. The molecule has 2 aromatic rings. The molecule has 0 atom stereocenters. The number of hydrogen-bond acceptors (Lipinski definition) is 7. The number of anilines is 1. The van der Waals surface area contributed by atoms with Crippen molar-refractivity contribution in [3.63, 3.8) is 0 Å². The van der Waals surface area contributed by atoms with Gasteiger partial charge in [0.1, 0.15) is 5.75 Å². The highest BCUT2D eigenvalue weighted by molar-refractivity contribution is 7.89. The van der Waals surface area contributed by atoms with E-state index in [9.17, 15) is 8.42 Å². The van der Waals surface area contributed by atoms with Gasteiger partial charge in [-0.1, -0.05) is 13.3 Å². The number of aryl methyl sites for hydroxylation is 1. The number of aromatic nitrogens is 2. The van der Waals surface area contributed by atoms with E-state index in [-0.39, 0.29) is 11.4 Å². The number of rotatable bonds is 9. The van der Waals surface area contributed by atoms with Gasteiger partial charge in [0.05, 0.1) is 37.0 Å². The molecule has 1 N–H and O–H groups in total. The van der Waals surface area contributed by atoms with Crippen molar-refractivity contribution in [2.24, 2.45) is 0 Å². The van der Waals surface area contributed by atoms with E-state index < -0.39 is 10.0 Å². The molecule has 0 amide bonds. The zero-order valence-electron chi connectivity index (χ0n) is 16.9. The quantitative estimate of drug-likeness (QED) is 0.622. The minimum Gasteiger partial charge on any atom is -0.494 e. The second-order valence-electron chi connectivity index (χ2n) is 6.90. The zero-order valence-corrected chi connectivity index (χ0v) is 17.7. The highest BCUT2D eigenvalue weighted by Crippen LogP contribution is 2.17. The molecule has 0 spiro atoms. The number of benzene rings is 1. The minimum atomic E-state index is -3.65. The third kappa shape index (κ3) is 6.12. The second kappa shape index (κ2) is 10.00. The van der Waals surface area contributed by atoms with Gasteiger partial charge in [-0.3, -0.25) is 0 Å². The first kappa shape index (κ1) is 21.5. The molecule has 0 aliphatic carbocycles. The smallest absolute Gasteiger partial charge is 0.240 e. The molecule has 0 unspecified atom stereocenters. The van der Waals surface area contributed by atoms with Crippen molar-refractivity contribution in [2.75, 3.05) is 37.8 Å². The lowest BCUT2D eigenvalue weighted by Crippen LogP contribution is -2.37. The fraction of sp³-hybridized carbons (Fsp3) is 0.500. The van der Waals surface area contributed by atoms with Gasteiger partial charge < -0.3 is 14.4 Å². The van der Waals surface area contributed by atoms with Crippen LogP contribution in [0.3, 0.4) is 0 Å². The van der Waals surface area contributed by atoms with Crippen molar-refractivity contribution in [3.05, 3.63) is 41.7 Å². The van der Waals surface area contributed by atoms with Crippen LogP contribution >= 0.6 is 0 Å². The maximum absolute atomic E-state index is 12.6. The highest BCUT2D eigenvalue weighted by Gasteiger charge is 2.17. The van der Waals surface area contributed by atoms with Crippen LogP contribution in [0, 0.1) is 6.92 Å². The average molecular weight is 421 g/mol. The van der Waals surface area contributed by atoms with E-state index in [1.165, 1.54) is 0 Å². The summed E-state index contributed by atoms with van der Waals surface area (Å²) >= 11 is 0. The fourth-order valence-corrected chi connectivity index (χ4v) is 3.91. The Bertz CT molecular complexity index is 897. The highest BCUT2D eigenvalue weighted by atomic mass is 32.2. The summed E-state index contributed by atoms with van der Waals surface area (Å²) in [5, 5.41) is 0. The van der Waals surface area contributed by atoms with Crippen LogP contribution in [-0.2, 0) is 21.3 Å². The monoisotopic (exact) mass is 420 g/mol. The number of ether oxygens (including phenoxy) is 2. The van der Waals surface area contributed by atoms with Crippen LogP contribution in [-0.4, -0.2) is 51.3 Å². The van der Waals surface area contributed by atoms with Gasteiger partial charge in [-0.15, -0.1) is 0 Å². The number of nitrogens with zero attached hydrogens (tertiary/aromatic N) is 3. The molecule has 8 nitrogen and oxygen atoms in total. The summed E-state index contributed by atoms with van der Waals surface area (Å²) in [7, 11) is -3.65. The number of hydrogen-bond donors (Lipinski definition) is 1. The summed E-state index contributed by atoms with van der Waals surface area (Å²) < 4.78 is 38.8. The molecule has 29 heavy (non-hydrogen) atoms. The molecule has 1 aliphatic heterocycles. The molecule has 1 aliphatic rings. The molecule has 1 aromatic heterocycles. The average Bonchev–Trinajstić information content (AvgIpc) is 2.73. The van der Waals surface area contributed by atoms with Crippen LogP contribution in [0.5, 0.6) is 5.75 Å².